The van der Waals surface area contributed by atoms with Gasteiger partial charge in [0.05, 0.1) is 12.5 Å². The molecule has 0 bridgehead atoms. The van der Waals surface area contributed by atoms with Crippen molar-refractivity contribution in [2.24, 2.45) is 5.92 Å². The molecule has 1 unspecified atom stereocenters. The Bertz CT molecular complexity index is 370. The first-order valence-corrected chi connectivity index (χ1v) is 7.16. The van der Waals surface area contributed by atoms with Crippen molar-refractivity contribution >= 4 is 17.8 Å². The monoisotopic (exact) mass is 284 g/mol. The predicted octanol–water partition coefficient (Wildman–Crippen LogP) is 0.958. The number of nitrogens with zero attached hydrogens (tertiary/aromatic N) is 2. The maximum atomic E-state index is 12.1. The van der Waals surface area contributed by atoms with Crippen LogP contribution in [0.2, 0.25) is 0 Å². The van der Waals surface area contributed by atoms with Gasteiger partial charge in [-0.25, -0.2) is 0 Å². The minimum atomic E-state index is -0.924. The molecule has 0 radical (unpaired) electrons. The number of carbonyl (C=O) groups excluding carboxylic acids is 2. The number of likely N-dealkylation sites (tertiary alicyclic amines) is 1. The lowest BCUT2D eigenvalue weighted by molar-refractivity contribution is -0.144. The Balaban J connectivity index is 2.50. The lowest BCUT2D eigenvalue weighted by Gasteiger charge is -2.27. The number of carbonyl (C=O) groups is 3. The highest BCUT2D eigenvalue weighted by Gasteiger charge is 2.22. The summed E-state index contributed by atoms with van der Waals surface area (Å²) < 4.78 is 0. The van der Waals surface area contributed by atoms with Crippen molar-refractivity contribution in [2.75, 3.05) is 26.7 Å². The van der Waals surface area contributed by atoms with Crippen LogP contribution in [0.4, 0.5) is 0 Å². The molecular formula is C14H24N2O4. The Morgan fingerprint density at radius 3 is 2.60 bits per heavy atom. The van der Waals surface area contributed by atoms with Crippen LogP contribution in [-0.2, 0) is 14.4 Å². The van der Waals surface area contributed by atoms with Gasteiger partial charge in [-0.1, -0.05) is 19.8 Å². The molecule has 2 amide bonds. The van der Waals surface area contributed by atoms with Crippen LogP contribution in [0.25, 0.3) is 0 Å². The van der Waals surface area contributed by atoms with Gasteiger partial charge in [0.25, 0.3) is 0 Å². The first-order chi connectivity index (χ1) is 9.41. The number of hydrogen-bond acceptors (Lipinski definition) is 3. The molecule has 1 N–H and O–H groups in total. The van der Waals surface area contributed by atoms with Crippen LogP contribution in [0.1, 0.15) is 39.0 Å². The molecule has 0 aromatic rings. The van der Waals surface area contributed by atoms with Crippen molar-refractivity contribution < 1.29 is 19.5 Å². The van der Waals surface area contributed by atoms with E-state index in [1.165, 1.54) is 4.90 Å². The van der Waals surface area contributed by atoms with Gasteiger partial charge in [-0.15, -0.1) is 0 Å². The summed E-state index contributed by atoms with van der Waals surface area (Å²) in [5, 5.41) is 8.84. The Morgan fingerprint density at radius 2 is 1.95 bits per heavy atom. The summed E-state index contributed by atoms with van der Waals surface area (Å²) >= 11 is 0. The Kier molecular flexibility index (Phi) is 6.48. The highest BCUT2D eigenvalue weighted by molar-refractivity contribution is 5.85. The topological polar surface area (TPSA) is 77.9 Å². The summed E-state index contributed by atoms with van der Waals surface area (Å²) in [5.74, 6) is -1.70. The van der Waals surface area contributed by atoms with Crippen LogP contribution >= 0.6 is 0 Å². The normalized spacial score (nSPS) is 18.1. The number of carboxylic acids is 1. The number of carboxylic acid groups (broad SMARTS) is 1. The van der Waals surface area contributed by atoms with Gasteiger partial charge in [0.15, 0.2) is 0 Å². The third-order valence-electron chi connectivity index (χ3n) is 3.64. The van der Waals surface area contributed by atoms with Crippen molar-refractivity contribution in [3.8, 4) is 0 Å². The smallest absolute Gasteiger partial charge is 0.308 e. The molecule has 0 saturated carbocycles. The second-order valence-corrected chi connectivity index (χ2v) is 5.49. The van der Waals surface area contributed by atoms with Crippen LogP contribution in [0.15, 0.2) is 0 Å². The van der Waals surface area contributed by atoms with Crippen LogP contribution in [0, 0.1) is 5.92 Å². The molecule has 1 fully saturated rings. The second kappa shape index (κ2) is 7.87. The third kappa shape index (κ3) is 5.19. The fourth-order valence-electron chi connectivity index (χ4n) is 2.26. The SMILES string of the molecule is CC(CN(C)C(=O)CN1CCCCCCC1=O)C(=O)O. The van der Waals surface area contributed by atoms with Crippen LogP contribution in [-0.4, -0.2) is 59.4 Å². The molecule has 1 heterocycles. The van der Waals surface area contributed by atoms with Gasteiger partial charge in [0, 0.05) is 26.6 Å². The van der Waals surface area contributed by atoms with Crippen molar-refractivity contribution in [1.82, 2.24) is 9.80 Å². The molecule has 1 rings (SSSR count). The van der Waals surface area contributed by atoms with Gasteiger partial charge in [0.2, 0.25) is 11.8 Å². The molecule has 1 aliphatic heterocycles. The van der Waals surface area contributed by atoms with Gasteiger partial charge in [0.1, 0.15) is 0 Å². The van der Waals surface area contributed by atoms with E-state index in [2.05, 4.69) is 0 Å². The maximum absolute atomic E-state index is 12.1. The summed E-state index contributed by atoms with van der Waals surface area (Å²) in [7, 11) is 1.58. The molecule has 0 spiro atoms. The lowest BCUT2D eigenvalue weighted by Crippen LogP contribution is -2.44. The van der Waals surface area contributed by atoms with E-state index in [-0.39, 0.29) is 24.9 Å². The summed E-state index contributed by atoms with van der Waals surface area (Å²) in [4.78, 5) is 37.7. The fourth-order valence-corrected chi connectivity index (χ4v) is 2.26. The summed E-state index contributed by atoms with van der Waals surface area (Å²) in [6.07, 6.45) is 4.47. The van der Waals surface area contributed by atoms with Crippen molar-refractivity contribution in [3.63, 3.8) is 0 Å². The van der Waals surface area contributed by atoms with E-state index in [1.807, 2.05) is 0 Å². The summed E-state index contributed by atoms with van der Waals surface area (Å²) in [6.45, 7) is 2.40. The van der Waals surface area contributed by atoms with E-state index >= 15 is 0 Å². The zero-order valence-corrected chi connectivity index (χ0v) is 12.3. The molecule has 20 heavy (non-hydrogen) atoms. The minimum absolute atomic E-state index is 0.0257. The number of amides is 2. The van der Waals surface area contributed by atoms with E-state index < -0.39 is 11.9 Å². The first-order valence-electron chi connectivity index (χ1n) is 7.16. The number of aliphatic carboxylic acids is 1. The van der Waals surface area contributed by atoms with Gasteiger partial charge < -0.3 is 14.9 Å². The largest absolute Gasteiger partial charge is 0.481 e. The van der Waals surface area contributed by atoms with Crippen LogP contribution in [0.3, 0.4) is 0 Å². The van der Waals surface area contributed by atoms with E-state index in [9.17, 15) is 14.4 Å². The van der Waals surface area contributed by atoms with Gasteiger partial charge in [-0.3, -0.25) is 14.4 Å². The molecule has 1 atom stereocenters. The van der Waals surface area contributed by atoms with E-state index in [1.54, 1.807) is 18.9 Å². The molecule has 6 nitrogen and oxygen atoms in total. The molecule has 0 aromatic carbocycles. The lowest BCUT2D eigenvalue weighted by atomic mass is 10.1. The summed E-state index contributed by atoms with van der Waals surface area (Å²) in [5.41, 5.74) is 0. The average molecular weight is 284 g/mol. The number of hydrogen-bond donors (Lipinski definition) is 1. The fraction of sp³-hybridized carbons (Fsp3) is 0.786. The molecule has 114 valence electrons. The molecule has 1 saturated heterocycles. The predicted molar refractivity (Wildman–Crippen MR) is 74.1 cm³/mol. The van der Waals surface area contributed by atoms with Crippen molar-refractivity contribution in [1.29, 1.82) is 0 Å². The number of rotatable bonds is 5. The van der Waals surface area contributed by atoms with Crippen LogP contribution in [0.5, 0.6) is 0 Å². The van der Waals surface area contributed by atoms with Crippen molar-refractivity contribution in [2.45, 2.75) is 39.0 Å². The highest BCUT2D eigenvalue weighted by Crippen LogP contribution is 2.12. The molecule has 0 aliphatic carbocycles. The standard InChI is InChI=1S/C14H24N2O4/c1-11(14(19)20)9-15(2)13(18)10-16-8-6-4-3-5-7-12(16)17/h11H,3-10H2,1-2H3,(H,19,20). The van der Waals surface area contributed by atoms with E-state index in [0.29, 0.717) is 13.0 Å². The van der Waals surface area contributed by atoms with Gasteiger partial charge in [-0.05, 0) is 12.8 Å². The van der Waals surface area contributed by atoms with E-state index in [0.717, 1.165) is 25.7 Å². The molecule has 0 aromatic heterocycles. The van der Waals surface area contributed by atoms with Gasteiger partial charge in [-0.2, -0.15) is 0 Å². The summed E-state index contributed by atoms with van der Waals surface area (Å²) in [6, 6.07) is 0. The zero-order chi connectivity index (χ0) is 15.1. The van der Waals surface area contributed by atoms with Crippen LogP contribution < -0.4 is 0 Å². The maximum Gasteiger partial charge on any atom is 0.308 e. The highest BCUT2D eigenvalue weighted by atomic mass is 16.4. The number of likely N-dealkylation sites (N-methyl/N-ethyl adjacent to an activating group) is 1. The zero-order valence-electron chi connectivity index (χ0n) is 12.3. The van der Waals surface area contributed by atoms with E-state index in [4.69, 9.17) is 5.11 Å². The third-order valence-corrected chi connectivity index (χ3v) is 3.64. The second-order valence-electron chi connectivity index (χ2n) is 5.49. The molecular weight excluding hydrogens is 260 g/mol. The first kappa shape index (κ1) is 16.5. The minimum Gasteiger partial charge on any atom is -0.481 e. The average Bonchev–Trinajstić information content (AvgIpc) is 2.37. The Labute approximate surface area is 119 Å². The Hall–Kier alpha value is -1.59. The quantitative estimate of drug-likeness (QED) is 0.815. The Morgan fingerprint density at radius 1 is 1.30 bits per heavy atom. The molecule has 6 heteroatoms. The van der Waals surface area contributed by atoms with Crippen molar-refractivity contribution in [3.05, 3.63) is 0 Å². The van der Waals surface area contributed by atoms with Gasteiger partial charge >= 0.3 is 5.97 Å². The molecule has 1 aliphatic rings.